The van der Waals surface area contributed by atoms with Gasteiger partial charge in [0.25, 0.3) is 0 Å². The smallest absolute Gasteiger partial charge is 0.238 e. The summed E-state index contributed by atoms with van der Waals surface area (Å²) < 4.78 is 31.0. The molecule has 2 rings (SSSR count). The molecule has 172 valence electrons. The van der Waals surface area contributed by atoms with Crippen molar-refractivity contribution in [3.8, 4) is 5.75 Å². The lowest BCUT2D eigenvalue weighted by molar-refractivity contribution is 0.301. The number of benzene rings is 2. The van der Waals surface area contributed by atoms with E-state index in [0.29, 0.717) is 30.9 Å². The fraction of sp³-hybridized carbons (Fsp3) is 0.500. The first-order chi connectivity index (χ1) is 14.9. The average molecular weight is 448 g/mol. The van der Waals surface area contributed by atoms with Crippen molar-refractivity contribution in [3.05, 3.63) is 59.2 Å². The van der Waals surface area contributed by atoms with Gasteiger partial charge in [-0.3, -0.25) is 0 Å². The Morgan fingerprint density at radius 3 is 2.35 bits per heavy atom. The van der Waals surface area contributed by atoms with Gasteiger partial charge in [0.15, 0.2) is 0 Å². The molecule has 2 aromatic rings. The molecule has 0 fully saturated rings. The van der Waals surface area contributed by atoms with Gasteiger partial charge in [-0.15, -0.1) is 0 Å². The largest absolute Gasteiger partial charge is 0.493 e. The van der Waals surface area contributed by atoms with Crippen LogP contribution in [0.3, 0.4) is 0 Å². The van der Waals surface area contributed by atoms with Crippen LogP contribution in [0.1, 0.15) is 50.3 Å². The Hall–Kier alpha value is -1.93. The molecule has 0 radical (unpaired) electrons. The quantitative estimate of drug-likeness (QED) is 0.433. The van der Waals surface area contributed by atoms with Gasteiger partial charge in [0.1, 0.15) is 5.75 Å². The topological polar surface area (TPSA) is 84.7 Å². The van der Waals surface area contributed by atoms with Gasteiger partial charge >= 0.3 is 0 Å². The standard InChI is InChI=1S/C24H37N3O3S/c1-4-7-15-30-23-17-21(19-26-13-14-27(5-2)6-3)18-24(31(25,28)29)22(23)16-20-11-9-8-10-12-20/h8-12,17-18,26H,4-7,13-16,19H2,1-3H3,(H2,25,28,29). The summed E-state index contributed by atoms with van der Waals surface area (Å²) in [5, 5.41) is 9.03. The van der Waals surface area contributed by atoms with Crippen LogP contribution in [0.4, 0.5) is 0 Å². The van der Waals surface area contributed by atoms with E-state index in [1.807, 2.05) is 36.4 Å². The molecule has 0 amide bonds. The lowest BCUT2D eigenvalue weighted by Crippen LogP contribution is -2.31. The highest BCUT2D eigenvalue weighted by Gasteiger charge is 2.20. The number of nitrogens with zero attached hydrogens (tertiary/aromatic N) is 1. The van der Waals surface area contributed by atoms with Crippen LogP contribution in [0.5, 0.6) is 5.75 Å². The normalized spacial score (nSPS) is 11.8. The molecule has 2 aromatic carbocycles. The summed E-state index contributed by atoms with van der Waals surface area (Å²) in [6, 6.07) is 13.4. The highest BCUT2D eigenvalue weighted by Crippen LogP contribution is 2.30. The summed E-state index contributed by atoms with van der Waals surface area (Å²) in [5.74, 6) is 0.601. The third-order valence-corrected chi connectivity index (χ3v) is 6.32. The first-order valence-corrected chi connectivity index (χ1v) is 12.7. The number of hydrogen-bond acceptors (Lipinski definition) is 5. The second kappa shape index (κ2) is 12.8. The zero-order valence-corrected chi connectivity index (χ0v) is 19.9. The fourth-order valence-electron chi connectivity index (χ4n) is 3.47. The van der Waals surface area contributed by atoms with Crippen LogP contribution in [0, 0.1) is 0 Å². The van der Waals surface area contributed by atoms with Crippen molar-refractivity contribution in [1.82, 2.24) is 10.2 Å². The molecule has 0 saturated carbocycles. The van der Waals surface area contributed by atoms with Gasteiger partial charge in [0.05, 0.1) is 11.5 Å². The Labute approximate surface area is 187 Å². The summed E-state index contributed by atoms with van der Waals surface area (Å²) in [4.78, 5) is 2.48. The maximum absolute atomic E-state index is 12.5. The van der Waals surface area contributed by atoms with E-state index in [0.717, 1.165) is 50.1 Å². The van der Waals surface area contributed by atoms with Crippen molar-refractivity contribution in [2.75, 3.05) is 32.8 Å². The van der Waals surface area contributed by atoms with E-state index in [9.17, 15) is 8.42 Å². The number of primary sulfonamides is 1. The van der Waals surface area contributed by atoms with E-state index in [-0.39, 0.29) is 4.90 Å². The highest BCUT2D eigenvalue weighted by molar-refractivity contribution is 7.89. The van der Waals surface area contributed by atoms with Gasteiger partial charge in [-0.05, 0) is 42.8 Å². The van der Waals surface area contributed by atoms with Crippen LogP contribution in [0.15, 0.2) is 47.4 Å². The molecule has 0 saturated heterocycles. The number of unbranched alkanes of at least 4 members (excludes halogenated alkanes) is 1. The number of hydrogen-bond donors (Lipinski definition) is 2. The number of rotatable bonds is 14. The van der Waals surface area contributed by atoms with Crippen LogP contribution in [-0.4, -0.2) is 46.1 Å². The van der Waals surface area contributed by atoms with Gasteiger partial charge in [-0.2, -0.15) is 0 Å². The lowest BCUT2D eigenvalue weighted by atomic mass is 10.0. The molecule has 6 nitrogen and oxygen atoms in total. The van der Waals surface area contributed by atoms with Crippen molar-refractivity contribution >= 4 is 10.0 Å². The maximum Gasteiger partial charge on any atom is 0.238 e. The summed E-state index contributed by atoms with van der Waals surface area (Å²) in [6.45, 7) is 11.3. The van der Waals surface area contributed by atoms with Crippen molar-refractivity contribution in [2.45, 2.75) is 51.5 Å². The molecule has 0 aromatic heterocycles. The minimum atomic E-state index is -3.90. The Morgan fingerprint density at radius 1 is 1.03 bits per heavy atom. The molecule has 0 heterocycles. The monoisotopic (exact) mass is 447 g/mol. The number of nitrogens with one attached hydrogen (secondary N) is 1. The van der Waals surface area contributed by atoms with E-state index in [1.165, 1.54) is 0 Å². The van der Waals surface area contributed by atoms with Crippen LogP contribution >= 0.6 is 0 Å². The second-order valence-electron chi connectivity index (χ2n) is 7.68. The number of likely N-dealkylation sites (N-methyl/N-ethyl adjacent to an activating group) is 1. The molecule has 0 atom stereocenters. The molecule has 0 bridgehead atoms. The molecule has 0 aliphatic heterocycles. The SMILES string of the molecule is CCCCOc1cc(CNCCN(CC)CC)cc(S(N)(=O)=O)c1Cc1ccccc1. The van der Waals surface area contributed by atoms with Gasteiger partial charge in [-0.25, -0.2) is 13.6 Å². The summed E-state index contributed by atoms with van der Waals surface area (Å²) in [7, 11) is -3.90. The van der Waals surface area contributed by atoms with Gasteiger partial charge in [0.2, 0.25) is 10.0 Å². The Kier molecular flexibility index (Phi) is 10.5. The molecule has 0 aliphatic rings. The lowest BCUT2D eigenvalue weighted by Gasteiger charge is -2.19. The predicted molar refractivity (Wildman–Crippen MR) is 127 cm³/mol. The van der Waals surface area contributed by atoms with Gasteiger partial charge in [0, 0.05) is 31.6 Å². The minimum absolute atomic E-state index is 0.144. The minimum Gasteiger partial charge on any atom is -0.493 e. The van der Waals surface area contributed by atoms with E-state index in [4.69, 9.17) is 9.88 Å². The van der Waals surface area contributed by atoms with Crippen molar-refractivity contribution in [2.24, 2.45) is 5.14 Å². The summed E-state index contributed by atoms with van der Waals surface area (Å²) in [5.41, 5.74) is 2.49. The van der Waals surface area contributed by atoms with Crippen molar-refractivity contribution < 1.29 is 13.2 Å². The van der Waals surface area contributed by atoms with E-state index in [1.54, 1.807) is 6.07 Å². The second-order valence-corrected chi connectivity index (χ2v) is 9.21. The maximum atomic E-state index is 12.5. The zero-order valence-electron chi connectivity index (χ0n) is 19.1. The molecule has 0 unspecified atom stereocenters. The van der Waals surface area contributed by atoms with E-state index in [2.05, 4.69) is 31.0 Å². The third kappa shape index (κ3) is 8.26. The molecule has 7 heteroatoms. The Morgan fingerprint density at radius 2 is 1.74 bits per heavy atom. The number of nitrogens with two attached hydrogens (primary N) is 1. The predicted octanol–water partition coefficient (Wildman–Crippen LogP) is 3.54. The van der Waals surface area contributed by atoms with Crippen LogP contribution in [-0.2, 0) is 23.0 Å². The van der Waals surface area contributed by atoms with Crippen LogP contribution < -0.4 is 15.2 Å². The fourth-order valence-corrected chi connectivity index (χ4v) is 4.30. The number of ether oxygens (including phenoxy) is 1. The van der Waals surface area contributed by atoms with Crippen LogP contribution in [0.2, 0.25) is 0 Å². The van der Waals surface area contributed by atoms with Crippen molar-refractivity contribution in [3.63, 3.8) is 0 Å². The van der Waals surface area contributed by atoms with E-state index < -0.39 is 10.0 Å². The molecule has 31 heavy (non-hydrogen) atoms. The average Bonchev–Trinajstić information content (AvgIpc) is 2.75. The van der Waals surface area contributed by atoms with Crippen LogP contribution in [0.25, 0.3) is 0 Å². The molecule has 0 spiro atoms. The highest BCUT2D eigenvalue weighted by atomic mass is 32.2. The summed E-state index contributed by atoms with van der Waals surface area (Å²) in [6.07, 6.45) is 2.36. The zero-order chi connectivity index (χ0) is 22.7. The van der Waals surface area contributed by atoms with Gasteiger partial charge < -0.3 is 15.0 Å². The summed E-state index contributed by atoms with van der Waals surface area (Å²) >= 11 is 0. The Balaban J connectivity index is 2.31. The molecular weight excluding hydrogens is 410 g/mol. The first-order valence-electron chi connectivity index (χ1n) is 11.2. The first kappa shape index (κ1) is 25.3. The van der Waals surface area contributed by atoms with E-state index >= 15 is 0 Å². The molecular formula is C24H37N3O3S. The third-order valence-electron chi connectivity index (χ3n) is 5.34. The number of sulfonamides is 1. The Bertz CT molecular complexity index is 898. The van der Waals surface area contributed by atoms with Gasteiger partial charge in [-0.1, -0.05) is 57.5 Å². The molecule has 3 N–H and O–H groups in total. The van der Waals surface area contributed by atoms with Crippen molar-refractivity contribution in [1.29, 1.82) is 0 Å². The molecule has 0 aliphatic carbocycles.